The number of fused-ring (bicyclic) bond motifs is 2. The van der Waals surface area contributed by atoms with Crippen LogP contribution in [0.4, 0.5) is 9.59 Å². The van der Waals surface area contributed by atoms with E-state index in [1.165, 1.54) is 0 Å². The number of nitrogens with zero attached hydrogens (tertiary/aromatic N) is 2. The summed E-state index contributed by atoms with van der Waals surface area (Å²) in [6.45, 7) is 0.255. The maximum Gasteiger partial charge on any atom is 0.410 e. The third-order valence-corrected chi connectivity index (χ3v) is 4.97. The second-order valence-electron chi connectivity index (χ2n) is 6.35. The molecule has 2 aliphatic heterocycles. The Morgan fingerprint density at radius 3 is 2.39 bits per heavy atom. The van der Waals surface area contributed by atoms with Crippen molar-refractivity contribution in [3.8, 4) is 0 Å². The van der Waals surface area contributed by atoms with Gasteiger partial charge in [0.05, 0.1) is 0 Å². The van der Waals surface area contributed by atoms with Gasteiger partial charge in [-0.05, 0) is 31.2 Å². The van der Waals surface area contributed by atoms with E-state index < -0.39 is 6.09 Å². The molecule has 1 aromatic rings. The van der Waals surface area contributed by atoms with Gasteiger partial charge in [0.25, 0.3) is 0 Å². The van der Waals surface area contributed by atoms with Crippen molar-refractivity contribution >= 4 is 12.2 Å². The maximum atomic E-state index is 12.2. The number of carbonyl (C=O) groups is 2. The molecule has 2 fully saturated rings. The summed E-state index contributed by atoms with van der Waals surface area (Å²) >= 11 is 0. The zero-order valence-corrected chi connectivity index (χ0v) is 13.2. The predicted molar refractivity (Wildman–Crippen MR) is 84.1 cm³/mol. The predicted octanol–water partition coefficient (Wildman–Crippen LogP) is 2.93. The van der Waals surface area contributed by atoms with E-state index >= 15 is 0 Å². The number of benzene rings is 1. The number of carboxylic acid groups (broad SMARTS) is 1. The third-order valence-electron chi connectivity index (χ3n) is 4.97. The fourth-order valence-corrected chi connectivity index (χ4v) is 3.75. The third kappa shape index (κ3) is 3.25. The van der Waals surface area contributed by atoms with E-state index in [0.29, 0.717) is 12.8 Å². The minimum absolute atomic E-state index is 0.0284. The van der Waals surface area contributed by atoms with E-state index in [0.717, 1.165) is 18.4 Å². The second-order valence-corrected chi connectivity index (χ2v) is 6.35. The molecule has 124 valence electrons. The second kappa shape index (κ2) is 6.48. The number of piperidine rings is 1. The molecule has 1 N–H and O–H groups in total. The normalized spacial score (nSPS) is 26.0. The van der Waals surface area contributed by atoms with E-state index in [-0.39, 0.29) is 30.8 Å². The first-order chi connectivity index (χ1) is 11.1. The Bertz CT molecular complexity index is 563. The lowest BCUT2D eigenvalue weighted by atomic mass is 9.97. The molecule has 2 amide bonds. The molecule has 3 atom stereocenters. The quantitative estimate of drug-likeness (QED) is 0.930. The van der Waals surface area contributed by atoms with E-state index in [1.54, 1.807) is 16.8 Å². The molecule has 2 heterocycles. The number of ether oxygens (including phenoxy) is 1. The highest BCUT2D eigenvalue weighted by atomic mass is 16.6. The Hall–Kier alpha value is -2.24. The standard InChI is InChI=1S/C17H22N2O4/c1-18(17(22)23-11-12-5-3-2-4-6-12)15-9-13-7-8-14(10-15)19(13)16(20)21/h2-6,13-15H,7-11H2,1H3,(H,20,21)/t13-,14?,15?/m1/s1. The summed E-state index contributed by atoms with van der Waals surface area (Å²) < 4.78 is 5.37. The molecule has 0 saturated carbocycles. The summed E-state index contributed by atoms with van der Waals surface area (Å²) in [4.78, 5) is 26.7. The maximum absolute atomic E-state index is 12.2. The Kier molecular flexibility index (Phi) is 4.41. The van der Waals surface area contributed by atoms with Crippen molar-refractivity contribution in [2.75, 3.05) is 7.05 Å². The smallest absolute Gasteiger partial charge is 0.410 e. The fourth-order valence-electron chi connectivity index (χ4n) is 3.75. The van der Waals surface area contributed by atoms with Gasteiger partial charge in [-0.2, -0.15) is 0 Å². The monoisotopic (exact) mass is 318 g/mol. The van der Waals surface area contributed by atoms with Crippen molar-refractivity contribution in [3.63, 3.8) is 0 Å². The van der Waals surface area contributed by atoms with Crippen molar-refractivity contribution < 1.29 is 19.4 Å². The van der Waals surface area contributed by atoms with Gasteiger partial charge in [0, 0.05) is 25.2 Å². The van der Waals surface area contributed by atoms with Crippen LogP contribution in [0.2, 0.25) is 0 Å². The van der Waals surface area contributed by atoms with Crippen LogP contribution in [0.25, 0.3) is 0 Å². The van der Waals surface area contributed by atoms with Crippen molar-refractivity contribution in [2.24, 2.45) is 0 Å². The van der Waals surface area contributed by atoms with Crippen molar-refractivity contribution in [3.05, 3.63) is 35.9 Å². The van der Waals surface area contributed by atoms with Gasteiger partial charge in [0.15, 0.2) is 0 Å². The number of hydrogen-bond donors (Lipinski definition) is 1. The molecule has 6 heteroatoms. The Balaban J connectivity index is 1.55. The van der Waals surface area contributed by atoms with E-state index in [9.17, 15) is 14.7 Å². The first kappa shape index (κ1) is 15.6. The molecule has 6 nitrogen and oxygen atoms in total. The first-order valence-corrected chi connectivity index (χ1v) is 8.01. The number of carbonyl (C=O) groups excluding carboxylic acids is 1. The molecule has 3 rings (SSSR count). The largest absolute Gasteiger partial charge is 0.465 e. The average Bonchev–Trinajstić information content (AvgIpc) is 2.83. The number of rotatable bonds is 3. The van der Waals surface area contributed by atoms with Crippen LogP contribution in [0, 0.1) is 0 Å². The SMILES string of the molecule is CN(C(=O)OCc1ccccc1)C1CC2CC[C@H](C1)N2C(=O)O. The van der Waals surface area contributed by atoms with Crippen molar-refractivity contribution in [1.82, 2.24) is 9.80 Å². The Morgan fingerprint density at radius 1 is 1.22 bits per heavy atom. The van der Waals surface area contributed by atoms with Crippen LogP contribution in [0.5, 0.6) is 0 Å². The molecule has 0 radical (unpaired) electrons. The van der Waals surface area contributed by atoms with Gasteiger partial charge in [-0.15, -0.1) is 0 Å². The van der Waals surface area contributed by atoms with Crippen LogP contribution in [0.1, 0.15) is 31.2 Å². The molecule has 2 aliphatic rings. The lowest BCUT2D eigenvalue weighted by Gasteiger charge is -2.40. The van der Waals surface area contributed by atoms with Gasteiger partial charge in [0.2, 0.25) is 0 Å². The van der Waals surface area contributed by atoms with Crippen LogP contribution in [-0.4, -0.2) is 52.3 Å². The summed E-state index contributed by atoms with van der Waals surface area (Å²) in [5, 5.41) is 9.28. The van der Waals surface area contributed by atoms with E-state index in [1.807, 2.05) is 30.3 Å². The van der Waals surface area contributed by atoms with Gasteiger partial charge >= 0.3 is 12.2 Å². The van der Waals surface area contributed by atoms with Crippen LogP contribution in [0.3, 0.4) is 0 Å². The van der Waals surface area contributed by atoms with Crippen LogP contribution in [-0.2, 0) is 11.3 Å². The number of amides is 2. The first-order valence-electron chi connectivity index (χ1n) is 8.01. The summed E-state index contributed by atoms with van der Waals surface area (Å²) in [6, 6.07) is 9.67. The zero-order chi connectivity index (χ0) is 16.4. The van der Waals surface area contributed by atoms with Gasteiger partial charge < -0.3 is 19.6 Å². The molecule has 2 bridgehead atoms. The van der Waals surface area contributed by atoms with Crippen LogP contribution in [0.15, 0.2) is 30.3 Å². The molecule has 1 aromatic carbocycles. The molecule has 2 saturated heterocycles. The fraction of sp³-hybridized carbons (Fsp3) is 0.529. The molecule has 2 unspecified atom stereocenters. The molecule has 23 heavy (non-hydrogen) atoms. The van der Waals surface area contributed by atoms with Gasteiger partial charge in [-0.1, -0.05) is 30.3 Å². The zero-order valence-electron chi connectivity index (χ0n) is 13.2. The summed E-state index contributed by atoms with van der Waals surface area (Å²) in [6.07, 6.45) is 1.98. The summed E-state index contributed by atoms with van der Waals surface area (Å²) in [5.74, 6) is 0. The molecule has 0 spiro atoms. The van der Waals surface area contributed by atoms with Gasteiger partial charge in [0.1, 0.15) is 6.61 Å². The minimum atomic E-state index is -0.842. The average molecular weight is 318 g/mol. The minimum Gasteiger partial charge on any atom is -0.465 e. The lowest BCUT2D eigenvalue weighted by molar-refractivity contribution is 0.0501. The van der Waals surface area contributed by atoms with Crippen LogP contribution < -0.4 is 0 Å². The van der Waals surface area contributed by atoms with Gasteiger partial charge in [-0.3, -0.25) is 0 Å². The van der Waals surface area contributed by atoms with E-state index in [4.69, 9.17) is 4.74 Å². The summed E-state index contributed by atoms with van der Waals surface area (Å²) in [5.41, 5.74) is 0.954. The van der Waals surface area contributed by atoms with Crippen molar-refractivity contribution in [2.45, 2.75) is 50.4 Å². The topological polar surface area (TPSA) is 70.1 Å². The highest BCUT2D eigenvalue weighted by Gasteiger charge is 2.45. The molecular formula is C17H22N2O4. The Morgan fingerprint density at radius 2 is 1.83 bits per heavy atom. The number of hydrogen-bond acceptors (Lipinski definition) is 3. The summed E-state index contributed by atoms with van der Waals surface area (Å²) in [7, 11) is 1.74. The van der Waals surface area contributed by atoms with Gasteiger partial charge in [-0.25, -0.2) is 9.59 Å². The van der Waals surface area contributed by atoms with E-state index in [2.05, 4.69) is 0 Å². The lowest BCUT2D eigenvalue weighted by Crippen LogP contribution is -2.52. The molecule has 0 aliphatic carbocycles. The molecular weight excluding hydrogens is 296 g/mol. The van der Waals surface area contributed by atoms with Crippen LogP contribution >= 0.6 is 0 Å². The highest BCUT2D eigenvalue weighted by Crippen LogP contribution is 2.37. The highest BCUT2D eigenvalue weighted by molar-refractivity contribution is 5.68. The molecule has 0 aromatic heterocycles. The Labute approximate surface area is 135 Å². The van der Waals surface area contributed by atoms with Crippen molar-refractivity contribution in [1.29, 1.82) is 0 Å².